The zero-order valence-corrected chi connectivity index (χ0v) is 23.3. The van der Waals surface area contributed by atoms with Crippen LogP contribution in [0.5, 0.6) is 11.5 Å². The third-order valence-electron chi connectivity index (χ3n) is 8.34. The van der Waals surface area contributed by atoms with E-state index in [0.717, 1.165) is 49.0 Å². The maximum atomic E-state index is 13.9. The van der Waals surface area contributed by atoms with E-state index >= 15 is 0 Å². The maximum absolute atomic E-state index is 13.9. The number of benzene rings is 2. The van der Waals surface area contributed by atoms with Crippen molar-refractivity contribution >= 4 is 17.9 Å². The topological polar surface area (TPSA) is 76.1 Å². The lowest BCUT2D eigenvalue weighted by atomic mass is 9.69. The normalized spacial score (nSPS) is 24.5. The molecule has 4 atom stereocenters. The van der Waals surface area contributed by atoms with Crippen LogP contribution < -0.4 is 4.74 Å². The van der Waals surface area contributed by atoms with Crippen LogP contribution in [0.1, 0.15) is 57.9 Å². The summed E-state index contributed by atoms with van der Waals surface area (Å²) in [6.07, 6.45) is 6.38. The molecule has 0 bridgehead atoms. The van der Waals surface area contributed by atoms with Crippen LogP contribution in [0, 0.1) is 23.6 Å². The van der Waals surface area contributed by atoms with Gasteiger partial charge in [0.05, 0.1) is 24.5 Å². The first-order valence-electron chi connectivity index (χ1n) is 14.5. The third-order valence-corrected chi connectivity index (χ3v) is 8.34. The zero-order valence-electron chi connectivity index (χ0n) is 23.3. The Kier molecular flexibility index (Phi) is 8.69. The van der Waals surface area contributed by atoms with E-state index in [1.54, 1.807) is 6.07 Å². The van der Waals surface area contributed by atoms with Crippen LogP contribution in [0.4, 0.5) is 4.39 Å². The number of carbonyl (C=O) groups excluding carboxylic acids is 2. The number of halogens is 1. The summed E-state index contributed by atoms with van der Waals surface area (Å²) in [5.41, 5.74) is 4.09. The first kappa shape index (κ1) is 28.1. The first-order chi connectivity index (χ1) is 19.4. The number of fused-ring (bicyclic) bond motifs is 3. The molecule has 0 radical (unpaired) electrons. The summed E-state index contributed by atoms with van der Waals surface area (Å²) in [4.78, 5) is 28.2. The van der Waals surface area contributed by atoms with E-state index < -0.39 is 5.82 Å². The Hall–Kier alpha value is -3.45. The van der Waals surface area contributed by atoms with E-state index in [1.165, 1.54) is 22.6 Å². The summed E-state index contributed by atoms with van der Waals surface area (Å²) < 4.78 is 26.5. The molecule has 3 aliphatic rings. The number of likely N-dealkylation sites (tertiary alicyclic amines) is 1. The molecule has 5 rings (SSSR count). The smallest absolute Gasteiger partial charge is 0.233 e. The minimum absolute atomic E-state index is 0.0625. The Morgan fingerprint density at radius 3 is 2.60 bits per heavy atom. The van der Waals surface area contributed by atoms with Crippen LogP contribution in [0.15, 0.2) is 65.3 Å². The highest BCUT2D eigenvalue weighted by molar-refractivity contribution is 6.06. The van der Waals surface area contributed by atoms with Crippen LogP contribution in [-0.4, -0.2) is 47.7 Å². The maximum Gasteiger partial charge on any atom is 0.233 e. The van der Waals surface area contributed by atoms with Crippen molar-refractivity contribution in [3.05, 3.63) is 76.6 Å². The lowest BCUT2D eigenvalue weighted by Crippen LogP contribution is -2.35. The van der Waals surface area contributed by atoms with E-state index in [4.69, 9.17) is 9.47 Å². The fraction of sp³-hybridized carbons (Fsp3) is 0.455. The quantitative estimate of drug-likeness (QED) is 0.264. The predicted molar refractivity (Wildman–Crippen MR) is 151 cm³/mol. The van der Waals surface area contributed by atoms with Crippen LogP contribution >= 0.6 is 0 Å². The van der Waals surface area contributed by atoms with Crippen molar-refractivity contribution in [1.29, 1.82) is 0 Å². The van der Waals surface area contributed by atoms with Crippen LogP contribution in [0.2, 0.25) is 0 Å². The Labute approximate surface area is 235 Å². The van der Waals surface area contributed by atoms with Crippen molar-refractivity contribution in [2.45, 2.75) is 58.5 Å². The van der Waals surface area contributed by atoms with Crippen LogP contribution in [0.3, 0.4) is 0 Å². The molecule has 40 heavy (non-hydrogen) atoms. The van der Waals surface area contributed by atoms with Gasteiger partial charge in [0.2, 0.25) is 11.8 Å². The highest BCUT2D eigenvalue weighted by atomic mass is 19.1. The summed E-state index contributed by atoms with van der Waals surface area (Å²) in [6.45, 7) is 5.33. The Morgan fingerprint density at radius 2 is 1.88 bits per heavy atom. The summed E-state index contributed by atoms with van der Waals surface area (Å²) in [5, 5.41) is 9.55. The number of nitrogens with zero attached hydrogens (tertiary/aromatic N) is 1. The fourth-order valence-electron chi connectivity index (χ4n) is 6.56. The van der Waals surface area contributed by atoms with Gasteiger partial charge in [-0.15, -0.1) is 0 Å². The second-order valence-electron chi connectivity index (χ2n) is 11.1. The summed E-state index contributed by atoms with van der Waals surface area (Å²) in [6, 6.07) is 14.1. The SMILES string of the molecule is CCC/C(=C\c1ccc(O)c(F)c1)CC[C@H]1OC[C@H]2C1=C(COc1ccccc1)C[C@H]1C(=O)N(CCC)C(=O)[C@H]12. The number of ether oxygens (including phenoxy) is 2. The van der Waals surface area contributed by atoms with Gasteiger partial charge in [0, 0.05) is 12.5 Å². The van der Waals surface area contributed by atoms with E-state index in [9.17, 15) is 19.1 Å². The molecule has 1 N–H and O–H groups in total. The molecule has 6 nitrogen and oxygen atoms in total. The first-order valence-corrected chi connectivity index (χ1v) is 14.5. The van der Waals surface area contributed by atoms with Gasteiger partial charge in [-0.2, -0.15) is 0 Å². The molecule has 0 spiro atoms. The molecule has 2 heterocycles. The molecule has 2 fully saturated rings. The molecule has 2 amide bonds. The average Bonchev–Trinajstić information content (AvgIpc) is 3.48. The number of phenolic OH excluding ortho intramolecular Hbond substituents is 1. The van der Waals surface area contributed by atoms with E-state index in [1.807, 2.05) is 43.3 Å². The number of imide groups is 1. The second-order valence-corrected chi connectivity index (χ2v) is 11.1. The zero-order chi connectivity index (χ0) is 28.2. The fourth-order valence-corrected chi connectivity index (χ4v) is 6.56. The Bertz CT molecular complexity index is 1300. The van der Waals surface area contributed by atoms with Crippen LogP contribution in [0.25, 0.3) is 6.08 Å². The second kappa shape index (κ2) is 12.4. The van der Waals surface area contributed by atoms with Crippen molar-refractivity contribution in [2.24, 2.45) is 17.8 Å². The lowest BCUT2D eigenvalue weighted by Gasteiger charge is -2.32. The summed E-state index contributed by atoms with van der Waals surface area (Å²) in [7, 11) is 0. The number of hydrogen-bond acceptors (Lipinski definition) is 5. The molecule has 2 aliphatic heterocycles. The molecule has 0 saturated carbocycles. The monoisotopic (exact) mass is 547 g/mol. The summed E-state index contributed by atoms with van der Waals surface area (Å²) >= 11 is 0. The van der Waals surface area contributed by atoms with Gasteiger partial charge >= 0.3 is 0 Å². The van der Waals surface area contributed by atoms with E-state index in [0.29, 0.717) is 31.7 Å². The number of allylic oxidation sites excluding steroid dienone is 1. The van der Waals surface area contributed by atoms with Crippen molar-refractivity contribution in [3.63, 3.8) is 0 Å². The number of aromatic hydroxyl groups is 1. The Balaban J connectivity index is 1.40. The number of hydrogen-bond donors (Lipinski definition) is 1. The van der Waals surface area contributed by atoms with Crippen LogP contribution in [-0.2, 0) is 14.3 Å². The van der Waals surface area contributed by atoms with Crippen molar-refractivity contribution in [3.8, 4) is 11.5 Å². The largest absolute Gasteiger partial charge is 0.505 e. The molecule has 2 aromatic carbocycles. The standard InChI is InChI=1S/C33H38FNO5/c1-3-8-21(16-22-11-13-28(36)27(34)17-22)12-14-29-30-23(19-39-24-9-6-5-7-10-24)18-25-31(26(30)20-40-29)33(38)35(15-4-2)32(25)37/h5-7,9-11,13,16-17,25-26,29,31,36H,3-4,8,12,14-15,18-20H2,1-2H3/b21-16+/t25-,26+,29-,31-/m1/s1. The summed E-state index contributed by atoms with van der Waals surface area (Å²) in [5.74, 6) is -1.20. The highest BCUT2D eigenvalue weighted by Crippen LogP contribution is 2.50. The molecule has 2 aromatic rings. The molecule has 212 valence electrons. The molecule has 2 saturated heterocycles. The van der Waals surface area contributed by atoms with E-state index in [2.05, 4.69) is 6.92 Å². The van der Waals surface area contributed by atoms with Gasteiger partial charge < -0.3 is 14.6 Å². The lowest BCUT2D eigenvalue weighted by molar-refractivity contribution is -0.140. The minimum Gasteiger partial charge on any atom is -0.505 e. The van der Waals surface area contributed by atoms with Gasteiger partial charge in [0.25, 0.3) is 0 Å². The number of rotatable bonds is 11. The number of carbonyl (C=O) groups is 2. The predicted octanol–water partition coefficient (Wildman–Crippen LogP) is 6.30. The average molecular weight is 548 g/mol. The highest BCUT2D eigenvalue weighted by Gasteiger charge is 2.56. The van der Waals surface area contributed by atoms with Crippen molar-refractivity contribution in [1.82, 2.24) is 4.90 Å². The van der Waals surface area contributed by atoms with Gasteiger partial charge in [-0.3, -0.25) is 14.5 Å². The Morgan fingerprint density at radius 1 is 1.07 bits per heavy atom. The minimum atomic E-state index is -0.635. The number of amides is 2. The number of para-hydroxylation sites is 1. The van der Waals surface area contributed by atoms with Gasteiger partial charge in [-0.25, -0.2) is 4.39 Å². The molecule has 7 heteroatoms. The van der Waals surface area contributed by atoms with Gasteiger partial charge in [0.1, 0.15) is 12.4 Å². The number of phenols is 1. The van der Waals surface area contributed by atoms with Crippen molar-refractivity contribution in [2.75, 3.05) is 19.8 Å². The molecule has 0 unspecified atom stereocenters. The van der Waals surface area contributed by atoms with Gasteiger partial charge in [-0.1, -0.05) is 56.2 Å². The molecular formula is C33H38FNO5. The molecule has 0 aromatic heterocycles. The van der Waals surface area contributed by atoms with E-state index in [-0.39, 0.29) is 41.4 Å². The van der Waals surface area contributed by atoms with Gasteiger partial charge in [0.15, 0.2) is 11.6 Å². The molecule has 1 aliphatic carbocycles. The van der Waals surface area contributed by atoms with Crippen molar-refractivity contribution < 1.29 is 28.6 Å². The van der Waals surface area contributed by atoms with Gasteiger partial charge in [-0.05, 0) is 73.1 Å². The molecular weight excluding hydrogens is 509 g/mol. The third kappa shape index (κ3) is 5.71.